The summed E-state index contributed by atoms with van der Waals surface area (Å²) >= 11 is 1.40. The maximum absolute atomic E-state index is 12.8. The standard InChI is InChI=1S/C26H29N3O3S/c1-2-32-26(31)22-17-23(21-11-7-4-8-12-21)33-25(22)27-24(30)19-29-15-13-28(14-16-29)18-20-9-5-3-6-10-20/h3-12,17H,2,13-16,18-19H2,1H3,(H,27,30). The lowest BCUT2D eigenvalue weighted by Crippen LogP contribution is -2.48. The Bertz CT molecular complexity index is 1060. The van der Waals surface area contributed by atoms with Crippen molar-refractivity contribution in [3.8, 4) is 10.4 Å². The summed E-state index contributed by atoms with van der Waals surface area (Å²) in [4.78, 5) is 30.8. The fourth-order valence-electron chi connectivity index (χ4n) is 3.91. The quantitative estimate of drug-likeness (QED) is 0.504. The highest BCUT2D eigenvalue weighted by Gasteiger charge is 2.22. The molecule has 0 spiro atoms. The van der Waals surface area contributed by atoms with Gasteiger partial charge in [-0.2, -0.15) is 0 Å². The lowest BCUT2D eigenvalue weighted by Gasteiger charge is -2.34. The molecular weight excluding hydrogens is 434 g/mol. The minimum atomic E-state index is -0.416. The molecule has 1 fully saturated rings. The van der Waals surface area contributed by atoms with Crippen LogP contribution >= 0.6 is 11.3 Å². The summed E-state index contributed by atoms with van der Waals surface area (Å²) in [6.45, 7) is 6.82. The molecule has 2 heterocycles. The molecule has 1 N–H and O–H groups in total. The molecule has 0 aliphatic carbocycles. The number of rotatable bonds is 8. The van der Waals surface area contributed by atoms with Gasteiger partial charge in [0.25, 0.3) is 0 Å². The Labute approximate surface area is 198 Å². The first-order valence-electron chi connectivity index (χ1n) is 11.3. The summed E-state index contributed by atoms with van der Waals surface area (Å²) < 4.78 is 5.21. The van der Waals surface area contributed by atoms with E-state index < -0.39 is 5.97 Å². The first-order chi connectivity index (χ1) is 16.1. The number of hydrogen-bond donors (Lipinski definition) is 1. The topological polar surface area (TPSA) is 61.9 Å². The number of benzene rings is 2. The second-order valence-corrected chi connectivity index (χ2v) is 9.08. The van der Waals surface area contributed by atoms with Crippen LogP contribution in [0, 0.1) is 0 Å². The van der Waals surface area contributed by atoms with Crippen LogP contribution in [0.3, 0.4) is 0 Å². The van der Waals surface area contributed by atoms with Crippen LogP contribution in [-0.2, 0) is 16.1 Å². The minimum Gasteiger partial charge on any atom is -0.462 e. The lowest BCUT2D eigenvalue weighted by molar-refractivity contribution is -0.117. The van der Waals surface area contributed by atoms with Crippen LogP contribution in [0.4, 0.5) is 5.00 Å². The molecule has 7 heteroatoms. The number of hydrogen-bond acceptors (Lipinski definition) is 6. The fraction of sp³-hybridized carbons (Fsp3) is 0.308. The predicted octanol–water partition coefficient (Wildman–Crippen LogP) is 4.35. The van der Waals surface area contributed by atoms with Crippen molar-refractivity contribution in [1.82, 2.24) is 9.80 Å². The minimum absolute atomic E-state index is 0.112. The van der Waals surface area contributed by atoms with Crippen LogP contribution in [0.1, 0.15) is 22.8 Å². The van der Waals surface area contributed by atoms with Crippen LogP contribution in [0.15, 0.2) is 66.7 Å². The first kappa shape index (κ1) is 23.2. The van der Waals surface area contributed by atoms with Gasteiger partial charge in [0.1, 0.15) is 5.00 Å². The van der Waals surface area contributed by atoms with Crippen molar-refractivity contribution in [3.05, 3.63) is 77.9 Å². The number of nitrogens with one attached hydrogen (secondary N) is 1. The van der Waals surface area contributed by atoms with Gasteiger partial charge >= 0.3 is 5.97 Å². The van der Waals surface area contributed by atoms with Crippen molar-refractivity contribution in [2.45, 2.75) is 13.5 Å². The highest BCUT2D eigenvalue weighted by molar-refractivity contribution is 7.20. The van der Waals surface area contributed by atoms with Gasteiger partial charge in [-0.3, -0.25) is 14.6 Å². The van der Waals surface area contributed by atoms with Gasteiger partial charge in [-0.05, 0) is 24.1 Å². The second kappa shape index (κ2) is 11.2. The smallest absolute Gasteiger partial charge is 0.341 e. The second-order valence-electron chi connectivity index (χ2n) is 8.03. The fourth-order valence-corrected chi connectivity index (χ4v) is 4.97. The molecule has 172 valence electrons. The van der Waals surface area contributed by atoms with Crippen molar-refractivity contribution < 1.29 is 14.3 Å². The van der Waals surface area contributed by atoms with E-state index in [0.717, 1.165) is 43.2 Å². The summed E-state index contributed by atoms with van der Waals surface area (Å²) in [5.41, 5.74) is 2.71. The molecule has 1 aromatic heterocycles. The predicted molar refractivity (Wildman–Crippen MR) is 133 cm³/mol. The van der Waals surface area contributed by atoms with Crippen LogP contribution < -0.4 is 5.32 Å². The molecular formula is C26H29N3O3S. The van der Waals surface area contributed by atoms with Gasteiger partial charge in [0.05, 0.1) is 18.7 Å². The summed E-state index contributed by atoms with van der Waals surface area (Å²) in [6, 6.07) is 22.1. The largest absolute Gasteiger partial charge is 0.462 e. The number of anilines is 1. The third-order valence-electron chi connectivity index (χ3n) is 5.62. The molecule has 2 aromatic carbocycles. The summed E-state index contributed by atoms with van der Waals surface area (Å²) in [5, 5.41) is 3.50. The summed E-state index contributed by atoms with van der Waals surface area (Å²) in [6.07, 6.45) is 0. The summed E-state index contributed by atoms with van der Waals surface area (Å²) in [5.74, 6) is -0.528. The van der Waals surface area contributed by atoms with E-state index in [1.165, 1.54) is 16.9 Å². The van der Waals surface area contributed by atoms with Gasteiger partial charge in [0, 0.05) is 37.6 Å². The number of piperazine rings is 1. The van der Waals surface area contributed by atoms with Gasteiger partial charge < -0.3 is 10.1 Å². The lowest BCUT2D eigenvalue weighted by atomic mass is 10.1. The number of thiophene rings is 1. The monoisotopic (exact) mass is 463 g/mol. The molecule has 4 rings (SSSR count). The van der Waals surface area contributed by atoms with Crippen molar-refractivity contribution in [2.24, 2.45) is 0 Å². The van der Waals surface area contributed by atoms with Crippen LogP contribution in [-0.4, -0.2) is 61.0 Å². The Hall–Kier alpha value is -3.00. The Balaban J connectivity index is 1.36. The van der Waals surface area contributed by atoms with Gasteiger partial charge in [0.2, 0.25) is 5.91 Å². The van der Waals surface area contributed by atoms with Gasteiger partial charge in [-0.25, -0.2) is 4.79 Å². The average molecular weight is 464 g/mol. The Morgan fingerprint density at radius 1 is 0.939 bits per heavy atom. The van der Waals surface area contributed by atoms with E-state index in [2.05, 4.69) is 39.4 Å². The van der Waals surface area contributed by atoms with Crippen LogP contribution in [0.25, 0.3) is 10.4 Å². The molecule has 0 radical (unpaired) electrons. The van der Waals surface area contributed by atoms with E-state index in [9.17, 15) is 9.59 Å². The molecule has 1 aliphatic heterocycles. The molecule has 0 unspecified atom stereocenters. The zero-order chi connectivity index (χ0) is 23.0. The third kappa shape index (κ3) is 6.28. The first-order valence-corrected chi connectivity index (χ1v) is 12.1. The van der Waals surface area contributed by atoms with E-state index in [4.69, 9.17) is 4.74 Å². The van der Waals surface area contributed by atoms with Gasteiger partial charge in [-0.1, -0.05) is 60.7 Å². The van der Waals surface area contributed by atoms with E-state index in [1.807, 2.05) is 36.4 Å². The molecule has 3 aromatic rings. The van der Waals surface area contributed by atoms with Gasteiger partial charge in [0.15, 0.2) is 0 Å². The van der Waals surface area contributed by atoms with Crippen LogP contribution in [0.5, 0.6) is 0 Å². The molecule has 1 saturated heterocycles. The average Bonchev–Trinajstić information content (AvgIpc) is 3.25. The maximum Gasteiger partial charge on any atom is 0.341 e. The van der Waals surface area contributed by atoms with Crippen molar-refractivity contribution in [1.29, 1.82) is 0 Å². The molecule has 33 heavy (non-hydrogen) atoms. The van der Waals surface area contributed by atoms with E-state index in [1.54, 1.807) is 13.0 Å². The molecule has 6 nitrogen and oxygen atoms in total. The number of nitrogens with zero attached hydrogens (tertiary/aromatic N) is 2. The zero-order valence-electron chi connectivity index (χ0n) is 18.8. The van der Waals surface area contributed by atoms with Crippen molar-refractivity contribution >= 4 is 28.2 Å². The molecule has 1 amide bonds. The van der Waals surface area contributed by atoms with Crippen molar-refractivity contribution in [3.63, 3.8) is 0 Å². The maximum atomic E-state index is 12.8. The SMILES string of the molecule is CCOC(=O)c1cc(-c2ccccc2)sc1NC(=O)CN1CCN(Cc2ccccc2)CC1. The Morgan fingerprint density at radius 2 is 1.58 bits per heavy atom. The van der Waals surface area contributed by atoms with E-state index in [-0.39, 0.29) is 12.5 Å². The number of carbonyl (C=O) groups excluding carboxylic acids is 2. The summed E-state index contributed by atoms with van der Waals surface area (Å²) in [7, 11) is 0. The zero-order valence-corrected chi connectivity index (χ0v) is 19.6. The number of ether oxygens (including phenoxy) is 1. The highest BCUT2D eigenvalue weighted by atomic mass is 32.1. The Morgan fingerprint density at radius 3 is 2.24 bits per heavy atom. The third-order valence-corrected chi connectivity index (χ3v) is 6.72. The molecule has 0 atom stereocenters. The molecule has 0 bridgehead atoms. The number of esters is 1. The molecule has 0 saturated carbocycles. The van der Waals surface area contributed by atoms with E-state index in [0.29, 0.717) is 17.1 Å². The normalized spacial score (nSPS) is 14.7. The molecule has 1 aliphatic rings. The Kier molecular flexibility index (Phi) is 7.88. The van der Waals surface area contributed by atoms with Gasteiger partial charge in [-0.15, -0.1) is 11.3 Å². The number of amides is 1. The van der Waals surface area contributed by atoms with Crippen molar-refractivity contribution in [2.75, 3.05) is 44.6 Å². The highest BCUT2D eigenvalue weighted by Crippen LogP contribution is 2.36. The van der Waals surface area contributed by atoms with Crippen LogP contribution in [0.2, 0.25) is 0 Å². The van der Waals surface area contributed by atoms with E-state index >= 15 is 0 Å². The number of carbonyl (C=O) groups is 2.